The van der Waals surface area contributed by atoms with Crippen molar-refractivity contribution < 1.29 is 9.29 Å². The van der Waals surface area contributed by atoms with Gasteiger partial charge in [-0.2, -0.15) is 0 Å². The Hall–Kier alpha value is 0.270. The second kappa shape index (κ2) is 2.40. The molecule has 0 N–H and O–H groups in total. The molecular formula is C7H12O2S. The molecular weight excluding hydrogens is 148 g/mol. The largest absolute Gasteiger partial charge is 0.616 e. The van der Waals surface area contributed by atoms with Crippen molar-refractivity contribution in [2.45, 2.75) is 12.8 Å². The molecule has 2 rings (SSSR count). The van der Waals surface area contributed by atoms with Crippen LogP contribution >= 0.6 is 0 Å². The highest BCUT2D eigenvalue weighted by Crippen LogP contribution is 2.39. The maximum Gasteiger partial charge on any atom is 0.117 e. The average Bonchev–Trinajstić information content (AvgIpc) is 1.87. The number of hydrogen-bond donors (Lipinski definition) is 0. The van der Waals surface area contributed by atoms with E-state index < -0.39 is 11.2 Å². The predicted molar refractivity (Wildman–Crippen MR) is 40.4 cm³/mol. The maximum atomic E-state index is 10.8. The van der Waals surface area contributed by atoms with Gasteiger partial charge < -0.3 is 9.29 Å². The second-order valence-corrected chi connectivity index (χ2v) is 4.84. The maximum absolute atomic E-state index is 10.8. The Morgan fingerprint density at radius 1 is 1.40 bits per heavy atom. The summed E-state index contributed by atoms with van der Waals surface area (Å²) in [7, 11) is 0. The van der Waals surface area contributed by atoms with Crippen LogP contribution in [0.4, 0.5) is 0 Å². The first-order valence-electron chi connectivity index (χ1n) is 3.74. The molecule has 0 unspecified atom stereocenters. The fourth-order valence-corrected chi connectivity index (χ4v) is 3.52. The van der Waals surface area contributed by atoms with Crippen molar-refractivity contribution in [2.75, 3.05) is 24.7 Å². The molecule has 2 nitrogen and oxygen atoms in total. The van der Waals surface area contributed by atoms with E-state index in [9.17, 15) is 4.55 Å². The lowest BCUT2D eigenvalue weighted by Gasteiger charge is -2.43. The van der Waals surface area contributed by atoms with Crippen LogP contribution in [0.5, 0.6) is 0 Å². The van der Waals surface area contributed by atoms with Crippen LogP contribution in [0.3, 0.4) is 0 Å². The van der Waals surface area contributed by atoms with E-state index in [1.807, 2.05) is 0 Å². The van der Waals surface area contributed by atoms with Gasteiger partial charge in [0.15, 0.2) is 0 Å². The lowest BCUT2D eigenvalue weighted by Crippen LogP contribution is -2.53. The van der Waals surface area contributed by atoms with Gasteiger partial charge in [0.25, 0.3) is 0 Å². The summed E-state index contributed by atoms with van der Waals surface area (Å²) in [6.45, 7) is 1.77. The van der Waals surface area contributed by atoms with E-state index in [-0.39, 0.29) is 0 Å². The molecule has 0 radical (unpaired) electrons. The number of hydrogen-bond acceptors (Lipinski definition) is 2. The van der Waals surface area contributed by atoms with Crippen molar-refractivity contribution in [2.24, 2.45) is 5.41 Å². The minimum Gasteiger partial charge on any atom is -0.616 e. The molecule has 10 heavy (non-hydrogen) atoms. The van der Waals surface area contributed by atoms with Crippen LogP contribution in [0, 0.1) is 5.41 Å². The Kier molecular flexibility index (Phi) is 1.66. The Morgan fingerprint density at radius 2 is 2.20 bits per heavy atom. The van der Waals surface area contributed by atoms with Gasteiger partial charge in [0.05, 0.1) is 12.0 Å². The molecule has 2 aliphatic rings. The van der Waals surface area contributed by atoms with E-state index in [1.165, 1.54) is 6.42 Å². The molecule has 0 aromatic rings. The minimum atomic E-state index is -0.509. The minimum absolute atomic E-state index is 0.350. The van der Waals surface area contributed by atoms with Crippen molar-refractivity contribution >= 4 is 11.2 Å². The zero-order chi connectivity index (χ0) is 7.03. The van der Waals surface area contributed by atoms with Crippen molar-refractivity contribution in [3.63, 3.8) is 0 Å². The molecule has 2 heterocycles. The first-order valence-corrected chi connectivity index (χ1v) is 5.22. The normalized spacial score (nSPS) is 47.1. The highest BCUT2D eigenvalue weighted by Gasteiger charge is 2.49. The smallest absolute Gasteiger partial charge is 0.117 e. The van der Waals surface area contributed by atoms with Gasteiger partial charge in [-0.15, -0.1) is 0 Å². The third kappa shape index (κ3) is 1.06. The standard InChI is InChI=1S/C7H12O2S/c8-10-5-7(6-10)2-1-3-9-4-7/h1-6H2. The third-order valence-corrected chi connectivity index (χ3v) is 4.21. The predicted octanol–water partition coefficient (Wildman–Crippen LogP) is 0.545. The molecule has 0 amide bonds. The molecule has 1 spiro atoms. The Morgan fingerprint density at radius 3 is 2.70 bits per heavy atom. The van der Waals surface area contributed by atoms with Crippen LogP contribution in [-0.2, 0) is 15.9 Å². The second-order valence-electron chi connectivity index (χ2n) is 3.38. The van der Waals surface area contributed by atoms with Gasteiger partial charge in [0.1, 0.15) is 11.5 Å². The van der Waals surface area contributed by atoms with Gasteiger partial charge in [0.2, 0.25) is 0 Å². The molecule has 2 saturated heterocycles. The summed E-state index contributed by atoms with van der Waals surface area (Å²) in [5.41, 5.74) is 0.350. The van der Waals surface area contributed by atoms with Crippen molar-refractivity contribution in [1.82, 2.24) is 0 Å². The van der Waals surface area contributed by atoms with Gasteiger partial charge >= 0.3 is 0 Å². The zero-order valence-corrected chi connectivity index (χ0v) is 6.78. The van der Waals surface area contributed by atoms with E-state index in [0.717, 1.165) is 31.1 Å². The van der Waals surface area contributed by atoms with Gasteiger partial charge in [0, 0.05) is 6.61 Å². The number of ether oxygens (including phenoxy) is 1. The molecule has 58 valence electrons. The first kappa shape index (κ1) is 6.95. The molecule has 2 aliphatic heterocycles. The summed E-state index contributed by atoms with van der Waals surface area (Å²) in [6, 6.07) is 0. The van der Waals surface area contributed by atoms with Gasteiger partial charge in [-0.1, -0.05) is 11.2 Å². The van der Waals surface area contributed by atoms with Crippen LogP contribution in [0.25, 0.3) is 0 Å². The SMILES string of the molecule is [O-][S+]1CC2(CCCOC2)C1. The van der Waals surface area contributed by atoms with E-state index in [2.05, 4.69) is 0 Å². The van der Waals surface area contributed by atoms with Crippen LogP contribution < -0.4 is 0 Å². The quantitative estimate of drug-likeness (QED) is 0.485. The molecule has 0 bridgehead atoms. The highest BCUT2D eigenvalue weighted by atomic mass is 32.2. The van der Waals surface area contributed by atoms with E-state index >= 15 is 0 Å². The van der Waals surface area contributed by atoms with Crippen LogP contribution in [0.2, 0.25) is 0 Å². The van der Waals surface area contributed by atoms with Crippen molar-refractivity contribution in [3.05, 3.63) is 0 Å². The Labute approximate surface area is 64.1 Å². The Balaban J connectivity index is 1.90. The van der Waals surface area contributed by atoms with Crippen molar-refractivity contribution in [1.29, 1.82) is 0 Å². The molecule has 0 aliphatic carbocycles. The summed E-state index contributed by atoms with van der Waals surface area (Å²) in [5, 5.41) is 0. The van der Waals surface area contributed by atoms with Gasteiger partial charge in [-0.3, -0.25) is 0 Å². The topological polar surface area (TPSA) is 32.3 Å². The van der Waals surface area contributed by atoms with E-state index in [4.69, 9.17) is 4.74 Å². The van der Waals surface area contributed by atoms with Gasteiger partial charge in [-0.25, -0.2) is 0 Å². The summed E-state index contributed by atoms with van der Waals surface area (Å²) in [4.78, 5) is 0. The summed E-state index contributed by atoms with van der Waals surface area (Å²) >= 11 is -0.509. The summed E-state index contributed by atoms with van der Waals surface area (Å²) in [5.74, 6) is 1.79. The van der Waals surface area contributed by atoms with Crippen LogP contribution in [0.15, 0.2) is 0 Å². The van der Waals surface area contributed by atoms with E-state index in [0.29, 0.717) is 5.41 Å². The molecule has 0 aromatic heterocycles. The van der Waals surface area contributed by atoms with Crippen molar-refractivity contribution in [3.8, 4) is 0 Å². The highest BCUT2D eigenvalue weighted by molar-refractivity contribution is 7.92. The lowest BCUT2D eigenvalue weighted by molar-refractivity contribution is 0.00862. The average molecular weight is 160 g/mol. The monoisotopic (exact) mass is 160 g/mol. The molecule has 3 heteroatoms. The lowest BCUT2D eigenvalue weighted by atomic mass is 9.86. The van der Waals surface area contributed by atoms with Crippen LogP contribution in [-0.4, -0.2) is 29.3 Å². The summed E-state index contributed by atoms with van der Waals surface area (Å²) in [6.07, 6.45) is 2.40. The molecule has 0 saturated carbocycles. The molecule has 2 fully saturated rings. The first-order chi connectivity index (χ1) is 4.81. The number of rotatable bonds is 0. The fraction of sp³-hybridized carbons (Fsp3) is 1.00. The van der Waals surface area contributed by atoms with Gasteiger partial charge in [-0.05, 0) is 12.8 Å². The third-order valence-electron chi connectivity index (χ3n) is 2.34. The fourth-order valence-electron chi connectivity index (χ4n) is 1.78. The summed E-state index contributed by atoms with van der Waals surface area (Å²) < 4.78 is 16.2. The molecule has 0 aromatic carbocycles. The zero-order valence-electron chi connectivity index (χ0n) is 5.97. The van der Waals surface area contributed by atoms with Crippen LogP contribution in [0.1, 0.15) is 12.8 Å². The van der Waals surface area contributed by atoms with E-state index in [1.54, 1.807) is 0 Å². The Bertz CT molecular complexity index is 116. The molecule has 0 atom stereocenters.